The van der Waals surface area contributed by atoms with E-state index in [1.54, 1.807) is 36.7 Å². The Bertz CT molecular complexity index is 1680. The Morgan fingerprint density at radius 1 is 1.17 bits per heavy atom. The fraction of sp³-hybridized carbons (Fsp3) is 0.276. The van der Waals surface area contributed by atoms with Crippen molar-refractivity contribution in [3.63, 3.8) is 0 Å². The average molecular weight is 556 g/mol. The molecule has 1 fully saturated rings. The van der Waals surface area contributed by atoms with Crippen molar-refractivity contribution >= 4 is 29.2 Å². The van der Waals surface area contributed by atoms with Crippen LogP contribution in [0.25, 0.3) is 11.0 Å². The summed E-state index contributed by atoms with van der Waals surface area (Å²) in [4.78, 5) is 22.8. The number of ether oxygens (including phenoxy) is 2. The number of imidazole rings is 1. The number of anilines is 1. The second-order valence-corrected chi connectivity index (χ2v) is 9.78. The lowest BCUT2D eigenvalue weighted by atomic mass is 10.1. The molecule has 2 aromatic carbocycles. The van der Waals surface area contributed by atoms with E-state index in [2.05, 4.69) is 10.1 Å². The predicted octanol–water partition coefficient (Wildman–Crippen LogP) is 3.77. The zero-order valence-corrected chi connectivity index (χ0v) is 22.0. The van der Waals surface area contributed by atoms with Crippen molar-refractivity contribution < 1.29 is 23.8 Å². The predicted molar refractivity (Wildman–Crippen MR) is 147 cm³/mol. The summed E-state index contributed by atoms with van der Waals surface area (Å²) in [6.07, 6.45) is 2.72. The third-order valence-electron chi connectivity index (χ3n) is 7.09. The Balaban J connectivity index is 1.14. The first-order valence-corrected chi connectivity index (χ1v) is 13.1. The number of hydrogen-bond donors (Lipinski definition) is 1. The van der Waals surface area contributed by atoms with Crippen molar-refractivity contribution in [2.45, 2.75) is 32.2 Å². The van der Waals surface area contributed by atoms with Gasteiger partial charge in [-0.2, -0.15) is 15.3 Å². The summed E-state index contributed by atoms with van der Waals surface area (Å²) >= 11 is 0. The maximum Gasteiger partial charge on any atom is 0.335 e. The Morgan fingerprint density at radius 2 is 2.05 bits per heavy atom. The van der Waals surface area contributed by atoms with E-state index in [1.165, 1.54) is 12.1 Å². The van der Waals surface area contributed by atoms with Crippen LogP contribution in [0.15, 0.2) is 59.7 Å². The lowest BCUT2D eigenvalue weighted by Gasteiger charge is -2.30. The lowest BCUT2D eigenvalue weighted by Crippen LogP contribution is -2.38. The minimum atomic E-state index is -0.980. The van der Waals surface area contributed by atoms with E-state index < -0.39 is 11.8 Å². The van der Waals surface area contributed by atoms with Crippen LogP contribution in [0, 0.1) is 17.1 Å². The van der Waals surface area contributed by atoms with Crippen LogP contribution in [0.2, 0.25) is 0 Å². The Morgan fingerprint density at radius 3 is 2.76 bits per heavy atom. The van der Waals surface area contributed by atoms with Crippen molar-refractivity contribution in [2.75, 3.05) is 24.6 Å². The van der Waals surface area contributed by atoms with E-state index in [9.17, 15) is 14.3 Å². The van der Waals surface area contributed by atoms with Gasteiger partial charge in [-0.25, -0.2) is 14.2 Å². The SMILES string of the molecule is N#Cc1ccc(COc2cccc(N3C=NN(Cc4nc5ccc(C(=O)O)cc5n4C[C@@H]4CCO4)CC3)n2)c(F)c1. The topological polar surface area (TPSA) is 129 Å². The van der Waals surface area contributed by atoms with Crippen LogP contribution < -0.4 is 9.64 Å². The molecule has 208 valence electrons. The molecular weight excluding hydrogens is 529 g/mol. The number of carboxylic acids is 1. The zero-order valence-electron chi connectivity index (χ0n) is 22.0. The van der Waals surface area contributed by atoms with Crippen molar-refractivity contribution in [3.8, 4) is 11.9 Å². The van der Waals surface area contributed by atoms with Crippen LogP contribution in [0.5, 0.6) is 5.88 Å². The molecule has 0 amide bonds. The Hall–Kier alpha value is -5.02. The average Bonchev–Trinajstić information content (AvgIpc) is 3.30. The zero-order chi connectivity index (χ0) is 28.3. The van der Waals surface area contributed by atoms with Gasteiger partial charge in [0.15, 0.2) is 0 Å². The molecule has 0 radical (unpaired) electrons. The van der Waals surface area contributed by atoms with Gasteiger partial charge < -0.3 is 24.0 Å². The van der Waals surface area contributed by atoms with Crippen molar-refractivity contribution in [1.82, 2.24) is 19.5 Å². The van der Waals surface area contributed by atoms with Gasteiger partial charge in [-0.15, -0.1) is 0 Å². The van der Waals surface area contributed by atoms with Gasteiger partial charge in [-0.05, 0) is 42.8 Å². The standard InChI is InChI=1S/C29H26FN7O4/c30-23-12-19(14-31)4-5-21(23)17-41-28-3-1-2-26(34-28)35-9-10-36(32-18-35)16-27-33-24-7-6-20(29(38)39)13-25(24)37(27)15-22-8-11-40-22/h1-7,12-13,18,22H,8-11,15-17H2,(H,38,39)/t22-/m0/s1. The van der Waals surface area contributed by atoms with Gasteiger partial charge in [0.1, 0.15) is 30.4 Å². The molecule has 4 heterocycles. The highest BCUT2D eigenvalue weighted by Gasteiger charge is 2.24. The third kappa shape index (κ3) is 5.66. The molecule has 2 aliphatic rings. The Kier molecular flexibility index (Phi) is 7.18. The first-order valence-electron chi connectivity index (χ1n) is 13.1. The maximum atomic E-state index is 14.2. The fourth-order valence-electron chi connectivity index (χ4n) is 4.72. The summed E-state index contributed by atoms with van der Waals surface area (Å²) in [5, 5.41) is 24.9. The van der Waals surface area contributed by atoms with Gasteiger partial charge in [-0.3, -0.25) is 5.01 Å². The molecule has 0 saturated carbocycles. The quantitative estimate of drug-likeness (QED) is 0.328. The first kappa shape index (κ1) is 26.2. The highest BCUT2D eigenvalue weighted by atomic mass is 19.1. The molecule has 1 saturated heterocycles. The number of pyridine rings is 1. The molecule has 0 spiro atoms. The van der Waals surface area contributed by atoms with Gasteiger partial charge >= 0.3 is 5.97 Å². The second-order valence-electron chi connectivity index (χ2n) is 9.78. The molecule has 11 nitrogen and oxygen atoms in total. The van der Waals surface area contributed by atoms with Crippen molar-refractivity contribution in [2.24, 2.45) is 5.10 Å². The lowest BCUT2D eigenvalue weighted by molar-refractivity contribution is -0.0592. The number of fused-ring (bicyclic) bond motifs is 1. The first-order chi connectivity index (χ1) is 20.0. The van der Waals surface area contributed by atoms with Gasteiger partial charge in [0.25, 0.3) is 0 Å². The molecule has 4 aromatic rings. The molecule has 1 N–H and O–H groups in total. The highest BCUT2D eigenvalue weighted by molar-refractivity contribution is 5.92. The molecule has 12 heteroatoms. The maximum absolute atomic E-state index is 14.2. The molecule has 0 bridgehead atoms. The summed E-state index contributed by atoms with van der Waals surface area (Å²) in [6.45, 7) is 2.97. The molecule has 2 aliphatic heterocycles. The smallest absolute Gasteiger partial charge is 0.335 e. The number of benzene rings is 2. The van der Waals surface area contributed by atoms with Gasteiger partial charge in [0.2, 0.25) is 5.88 Å². The summed E-state index contributed by atoms with van der Waals surface area (Å²) in [6, 6.07) is 16.5. The molecule has 6 rings (SSSR count). The molecule has 41 heavy (non-hydrogen) atoms. The molecule has 0 unspecified atom stereocenters. The number of carbonyl (C=O) groups is 1. The number of nitriles is 1. The largest absolute Gasteiger partial charge is 0.478 e. The normalized spacial score (nSPS) is 16.4. The number of aromatic carboxylic acids is 1. The number of aromatic nitrogens is 3. The minimum absolute atomic E-state index is 0.0171. The minimum Gasteiger partial charge on any atom is -0.478 e. The number of nitrogens with zero attached hydrogens (tertiary/aromatic N) is 7. The van der Waals surface area contributed by atoms with Crippen LogP contribution in [0.3, 0.4) is 0 Å². The van der Waals surface area contributed by atoms with E-state index >= 15 is 0 Å². The molecular formula is C29H26FN7O4. The molecule has 0 aliphatic carbocycles. The van der Waals surface area contributed by atoms with E-state index in [0.717, 1.165) is 29.9 Å². The molecule has 1 atom stereocenters. The summed E-state index contributed by atoms with van der Waals surface area (Å²) in [7, 11) is 0. The molecule has 2 aromatic heterocycles. The number of carboxylic acid groups (broad SMARTS) is 1. The highest BCUT2D eigenvalue weighted by Crippen LogP contribution is 2.24. The van der Waals surface area contributed by atoms with E-state index in [-0.39, 0.29) is 23.8 Å². The van der Waals surface area contributed by atoms with Crippen LogP contribution >= 0.6 is 0 Å². The van der Waals surface area contributed by atoms with E-state index in [4.69, 9.17) is 19.7 Å². The number of hydrazone groups is 1. The van der Waals surface area contributed by atoms with Gasteiger partial charge in [0, 0.05) is 24.8 Å². The van der Waals surface area contributed by atoms with E-state index in [1.807, 2.05) is 32.7 Å². The summed E-state index contributed by atoms with van der Waals surface area (Å²) < 4.78 is 27.6. The van der Waals surface area contributed by atoms with Crippen LogP contribution in [-0.4, -0.2) is 62.8 Å². The summed E-state index contributed by atoms with van der Waals surface area (Å²) in [5.74, 6) is 0.287. The van der Waals surface area contributed by atoms with Crippen LogP contribution in [0.4, 0.5) is 10.2 Å². The van der Waals surface area contributed by atoms with Gasteiger partial charge in [-0.1, -0.05) is 12.1 Å². The number of halogens is 1. The van der Waals surface area contributed by atoms with E-state index in [0.29, 0.717) is 43.4 Å². The Labute approximate surface area is 234 Å². The van der Waals surface area contributed by atoms with Crippen molar-refractivity contribution in [1.29, 1.82) is 5.26 Å². The van der Waals surface area contributed by atoms with Gasteiger partial charge in [0.05, 0.1) is 54.0 Å². The second kappa shape index (κ2) is 11.2. The third-order valence-corrected chi connectivity index (χ3v) is 7.09. The van der Waals surface area contributed by atoms with Crippen LogP contribution in [-0.2, 0) is 24.4 Å². The fourth-order valence-corrected chi connectivity index (χ4v) is 4.72. The van der Waals surface area contributed by atoms with Crippen LogP contribution in [0.1, 0.15) is 33.7 Å². The monoisotopic (exact) mass is 555 g/mol. The number of rotatable bonds is 9. The number of hydrogen-bond acceptors (Lipinski definition) is 9. The summed E-state index contributed by atoms with van der Waals surface area (Å²) in [5.41, 5.74) is 2.29. The van der Waals surface area contributed by atoms with Crippen molar-refractivity contribution in [3.05, 3.63) is 82.9 Å².